The number of aromatic nitrogens is 1. The minimum Gasteiger partial charge on any atom is -0.507 e. The third-order valence-electron chi connectivity index (χ3n) is 4.40. The fraction of sp³-hybridized carbons (Fsp3) is 0.250. The quantitative estimate of drug-likeness (QED) is 0.507. The molecule has 0 saturated carbocycles. The summed E-state index contributed by atoms with van der Waals surface area (Å²) in [4.78, 5) is 32.8. The molecule has 1 aromatic carbocycles. The number of likely N-dealkylation sites (N-methyl/N-ethyl adjacent to an activating group) is 1. The number of hydrogen-bond donors (Lipinski definition) is 1. The standard InChI is InChI=1S/C20H21N3O3/c1-22(2)12-13-23-17(14-8-10-21-11-9-14)16(19(25)20(23)26)18(24)15-6-4-3-5-7-15/h3-11,17,24H,12-13H2,1-2H3/t17-/m1/s1. The fourth-order valence-corrected chi connectivity index (χ4v) is 3.06. The van der Waals surface area contributed by atoms with Gasteiger partial charge in [0.15, 0.2) is 0 Å². The highest BCUT2D eigenvalue weighted by molar-refractivity contribution is 6.46. The summed E-state index contributed by atoms with van der Waals surface area (Å²) in [5.41, 5.74) is 1.37. The molecule has 26 heavy (non-hydrogen) atoms. The first-order valence-electron chi connectivity index (χ1n) is 8.39. The Labute approximate surface area is 152 Å². The van der Waals surface area contributed by atoms with Gasteiger partial charge in [-0.05, 0) is 31.8 Å². The number of pyridine rings is 1. The molecule has 1 aromatic heterocycles. The first-order valence-corrected chi connectivity index (χ1v) is 8.39. The van der Waals surface area contributed by atoms with Crippen LogP contribution in [0.3, 0.4) is 0 Å². The maximum absolute atomic E-state index is 12.7. The highest BCUT2D eigenvalue weighted by Crippen LogP contribution is 2.38. The van der Waals surface area contributed by atoms with Gasteiger partial charge in [-0.1, -0.05) is 30.3 Å². The second kappa shape index (κ2) is 7.49. The SMILES string of the molecule is CN(C)CCN1C(=O)C(=O)C(=C(O)c2ccccc2)[C@H]1c1ccncc1. The number of amides is 1. The minimum absolute atomic E-state index is 0.117. The molecule has 1 aliphatic rings. The number of likely N-dealkylation sites (tertiary alicyclic amines) is 1. The zero-order valence-corrected chi connectivity index (χ0v) is 14.8. The number of aliphatic hydroxyl groups excluding tert-OH is 1. The summed E-state index contributed by atoms with van der Waals surface area (Å²) in [6.07, 6.45) is 3.23. The van der Waals surface area contributed by atoms with Gasteiger partial charge in [-0.15, -0.1) is 0 Å². The van der Waals surface area contributed by atoms with Gasteiger partial charge in [0, 0.05) is 31.0 Å². The van der Waals surface area contributed by atoms with E-state index in [0.29, 0.717) is 18.7 Å². The zero-order chi connectivity index (χ0) is 18.7. The highest BCUT2D eigenvalue weighted by atomic mass is 16.3. The van der Waals surface area contributed by atoms with Crippen molar-refractivity contribution < 1.29 is 14.7 Å². The van der Waals surface area contributed by atoms with Gasteiger partial charge in [0.1, 0.15) is 5.76 Å². The van der Waals surface area contributed by atoms with E-state index in [1.807, 2.05) is 25.1 Å². The fourth-order valence-electron chi connectivity index (χ4n) is 3.06. The molecule has 1 amide bonds. The van der Waals surface area contributed by atoms with E-state index >= 15 is 0 Å². The van der Waals surface area contributed by atoms with Gasteiger partial charge in [0.25, 0.3) is 11.7 Å². The molecule has 1 atom stereocenters. The lowest BCUT2D eigenvalue weighted by Gasteiger charge is -2.26. The Morgan fingerprint density at radius 1 is 1.12 bits per heavy atom. The Hall–Kier alpha value is -2.99. The van der Waals surface area contributed by atoms with E-state index in [2.05, 4.69) is 4.98 Å². The van der Waals surface area contributed by atoms with E-state index in [1.54, 1.807) is 48.8 Å². The van der Waals surface area contributed by atoms with E-state index < -0.39 is 17.7 Å². The van der Waals surface area contributed by atoms with Crippen molar-refractivity contribution in [2.24, 2.45) is 0 Å². The molecular weight excluding hydrogens is 330 g/mol. The summed E-state index contributed by atoms with van der Waals surface area (Å²) in [7, 11) is 3.81. The number of benzene rings is 1. The molecule has 134 valence electrons. The lowest BCUT2D eigenvalue weighted by Crippen LogP contribution is -2.35. The second-order valence-corrected chi connectivity index (χ2v) is 6.44. The molecule has 0 aliphatic carbocycles. The number of hydrogen-bond acceptors (Lipinski definition) is 5. The summed E-state index contributed by atoms with van der Waals surface area (Å²) < 4.78 is 0. The number of rotatable bonds is 5. The van der Waals surface area contributed by atoms with Gasteiger partial charge in [0.2, 0.25) is 0 Å². The van der Waals surface area contributed by atoms with Gasteiger partial charge in [-0.3, -0.25) is 14.6 Å². The number of ketones is 1. The third kappa shape index (κ3) is 3.36. The van der Waals surface area contributed by atoms with Crippen LogP contribution in [-0.2, 0) is 9.59 Å². The van der Waals surface area contributed by atoms with E-state index in [4.69, 9.17) is 0 Å². The van der Waals surface area contributed by atoms with Crippen LogP contribution in [0.2, 0.25) is 0 Å². The smallest absolute Gasteiger partial charge is 0.295 e. The number of Topliss-reactive ketones (excluding diaryl/α,β-unsaturated/α-hetero) is 1. The van der Waals surface area contributed by atoms with Crippen LogP contribution in [-0.4, -0.2) is 58.8 Å². The predicted molar refractivity (Wildman–Crippen MR) is 98.2 cm³/mol. The molecule has 0 spiro atoms. The first kappa shape index (κ1) is 17.8. The molecule has 3 rings (SSSR count). The lowest BCUT2D eigenvalue weighted by atomic mass is 9.96. The van der Waals surface area contributed by atoms with Crippen molar-refractivity contribution in [3.63, 3.8) is 0 Å². The second-order valence-electron chi connectivity index (χ2n) is 6.44. The minimum atomic E-state index is -0.660. The molecule has 2 aromatic rings. The van der Waals surface area contributed by atoms with Crippen molar-refractivity contribution in [1.82, 2.24) is 14.8 Å². The van der Waals surface area contributed by atoms with Crippen LogP contribution in [0.4, 0.5) is 0 Å². The highest BCUT2D eigenvalue weighted by Gasteiger charge is 2.45. The normalized spacial score (nSPS) is 19.3. The van der Waals surface area contributed by atoms with Crippen molar-refractivity contribution in [2.45, 2.75) is 6.04 Å². The first-order chi connectivity index (χ1) is 12.5. The van der Waals surface area contributed by atoms with Crippen molar-refractivity contribution >= 4 is 17.4 Å². The number of carbonyl (C=O) groups excluding carboxylic acids is 2. The average molecular weight is 351 g/mol. The summed E-state index contributed by atoms with van der Waals surface area (Å²) in [5.74, 6) is -1.41. The van der Waals surface area contributed by atoms with Crippen molar-refractivity contribution in [1.29, 1.82) is 0 Å². The van der Waals surface area contributed by atoms with Gasteiger partial charge in [-0.25, -0.2) is 0 Å². The summed E-state index contributed by atoms with van der Waals surface area (Å²) in [5, 5.41) is 10.8. The summed E-state index contributed by atoms with van der Waals surface area (Å²) >= 11 is 0. The molecule has 6 nitrogen and oxygen atoms in total. The van der Waals surface area contributed by atoms with Crippen molar-refractivity contribution in [3.05, 3.63) is 71.6 Å². The molecule has 1 fully saturated rings. The van der Waals surface area contributed by atoms with E-state index in [-0.39, 0.29) is 11.3 Å². The summed E-state index contributed by atoms with van der Waals surface area (Å²) in [6.45, 7) is 0.996. The molecule has 1 N–H and O–H groups in total. The molecule has 0 unspecified atom stereocenters. The Morgan fingerprint density at radius 3 is 2.38 bits per heavy atom. The number of aliphatic hydroxyl groups is 1. The number of carbonyl (C=O) groups is 2. The maximum Gasteiger partial charge on any atom is 0.295 e. The molecule has 0 bridgehead atoms. The molecule has 1 saturated heterocycles. The van der Waals surface area contributed by atoms with Gasteiger partial charge < -0.3 is 14.9 Å². The molecular formula is C20H21N3O3. The largest absolute Gasteiger partial charge is 0.507 e. The van der Waals surface area contributed by atoms with Crippen LogP contribution in [0.25, 0.3) is 5.76 Å². The predicted octanol–water partition coefficient (Wildman–Crippen LogP) is 2.06. The lowest BCUT2D eigenvalue weighted by molar-refractivity contribution is -0.140. The molecule has 0 radical (unpaired) electrons. The topological polar surface area (TPSA) is 73.7 Å². The van der Waals surface area contributed by atoms with Crippen LogP contribution in [0.15, 0.2) is 60.4 Å². The zero-order valence-electron chi connectivity index (χ0n) is 14.8. The van der Waals surface area contributed by atoms with Gasteiger partial charge in [0.05, 0.1) is 11.6 Å². The average Bonchev–Trinajstić information content (AvgIpc) is 2.91. The van der Waals surface area contributed by atoms with Crippen LogP contribution < -0.4 is 0 Å². The Balaban J connectivity index is 2.12. The number of nitrogens with zero attached hydrogens (tertiary/aromatic N) is 3. The van der Waals surface area contributed by atoms with Crippen molar-refractivity contribution in [2.75, 3.05) is 27.2 Å². The van der Waals surface area contributed by atoms with Crippen molar-refractivity contribution in [3.8, 4) is 0 Å². The maximum atomic E-state index is 12.7. The molecule has 1 aliphatic heterocycles. The molecule has 6 heteroatoms. The summed E-state index contributed by atoms with van der Waals surface area (Å²) in [6, 6.07) is 11.7. The Kier molecular flexibility index (Phi) is 5.14. The Morgan fingerprint density at radius 2 is 1.77 bits per heavy atom. The van der Waals surface area contributed by atoms with Crippen LogP contribution in [0.5, 0.6) is 0 Å². The van der Waals surface area contributed by atoms with Gasteiger partial charge >= 0.3 is 0 Å². The van der Waals surface area contributed by atoms with Crippen LogP contribution in [0.1, 0.15) is 17.2 Å². The van der Waals surface area contributed by atoms with E-state index in [1.165, 1.54) is 4.90 Å². The van der Waals surface area contributed by atoms with Crippen LogP contribution in [0, 0.1) is 0 Å². The monoisotopic (exact) mass is 351 g/mol. The van der Waals surface area contributed by atoms with Gasteiger partial charge in [-0.2, -0.15) is 0 Å². The van der Waals surface area contributed by atoms with Crippen LogP contribution >= 0.6 is 0 Å². The third-order valence-corrected chi connectivity index (χ3v) is 4.40. The van der Waals surface area contributed by atoms with E-state index in [9.17, 15) is 14.7 Å². The van der Waals surface area contributed by atoms with E-state index in [0.717, 1.165) is 5.56 Å². The Bertz CT molecular complexity index is 832. The molecule has 2 heterocycles.